The molecule has 19 heavy (non-hydrogen) atoms. The minimum absolute atomic E-state index is 0.336. The molecule has 0 aliphatic rings. The molecule has 0 radical (unpaired) electrons. The number of aromatic nitrogens is 2. The van der Waals surface area contributed by atoms with E-state index in [0.29, 0.717) is 11.8 Å². The molecule has 1 heterocycles. The van der Waals surface area contributed by atoms with Crippen LogP contribution >= 0.6 is 0 Å². The second-order valence-corrected chi connectivity index (χ2v) is 5.76. The van der Waals surface area contributed by atoms with Crippen LogP contribution in [-0.4, -0.2) is 23.1 Å². The Bertz CT molecular complexity index is 399. The van der Waals surface area contributed by atoms with E-state index in [1.807, 2.05) is 0 Å². The van der Waals surface area contributed by atoms with E-state index >= 15 is 0 Å². The lowest BCUT2D eigenvalue weighted by Crippen LogP contribution is -2.15. The molecule has 0 fully saturated rings. The van der Waals surface area contributed by atoms with Gasteiger partial charge in [-0.25, -0.2) is 9.97 Å². The molecule has 0 unspecified atom stereocenters. The van der Waals surface area contributed by atoms with Crippen LogP contribution in [0.3, 0.4) is 0 Å². The Morgan fingerprint density at radius 2 is 1.58 bits per heavy atom. The zero-order chi connectivity index (χ0) is 14.4. The van der Waals surface area contributed by atoms with Crippen molar-refractivity contribution < 1.29 is 0 Å². The van der Waals surface area contributed by atoms with Gasteiger partial charge in [-0.1, -0.05) is 34.6 Å². The van der Waals surface area contributed by atoms with Crippen LogP contribution in [0.25, 0.3) is 0 Å². The summed E-state index contributed by atoms with van der Waals surface area (Å²) in [6.07, 6.45) is 1.09. The molecule has 0 aliphatic heterocycles. The fourth-order valence-corrected chi connectivity index (χ4v) is 1.68. The van der Waals surface area contributed by atoms with E-state index in [1.54, 1.807) is 0 Å². The highest BCUT2D eigenvalue weighted by Crippen LogP contribution is 2.23. The van der Waals surface area contributed by atoms with E-state index in [1.165, 1.54) is 0 Å². The summed E-state index contributed by atoms with van der Waals surface area (Å²) in [7, 11) is 0. The molecular formula is C15H28N4. The molecule has 4 heteroatoms. The largest absolute Gasteiger partial charge is 0.370 e. The van der Waals surface area contributed by atoms with Crippen molar-refractivity contribution in [2.24, 2.45) is 5.92 Å². The lowest BCUT2D eigenvalue weighted by Gasteiger charge is -2.17. The van der Waals surface area contributed by atoms with Gasteiger partial charge in [0.25, 0.3) is 0 Å². The first-order valence-corrected chi connectivity index (χ1v) is 7.31. The highest BCUT2D eigenvalue weighted by Gasteiger charge is 2.12. The van der Waals surface area contributed by atoms with Crippen LogP contribution in [0.2, 0.25) is 0 Å². The second kappa shape index (κ2) is 7.31. The minimum atomic E-state index is 0.336. The van der Waals surface area contributed by atoms with Gasteiger partial charge in [0.05, 0.1) is 0 Å². The van der Waals surface area contributed by atoms with Crippen molar-refractivity contribution in [3.8, 4) is 0 Å². The Balaban J connectivity index is 3.02. The van der Waals surface area contributed by atoms with Crippen molar-refractivity contribution in [2.75, 3.05) is 23.7 Å². The van der Waals surface area contributed by atoms with Crippen LogP contribution in [-0.2, 0) is 0 Å². The van der Waals surface area contributed by atoms with E-state index in [0.717, 1.165) is 42.5 Å². The van der Waals surface area contributed by atoms with Crippen LogP contribution < -0.4 is 10.6 Å². The molecule has 4 nitrogen and oxygen atoms in total. The standard InChI is InChI=1S/C15H28N4/c1-7-8-16-14-12(6)15(17-9-10(2)3)19-13(18-14)11(4)5/h10-11H,7-9H2,1-6H3,(H2,16,17,18,19). The first-order chi connectivity index (χ1) is 8.95. The molecule has 0 spiro atoms. The Kier molecular flexibility index (Phi) is 6.06. The van der Waals surface area contributed by atoms with Crippen LogP contribution in [0.1, 0.15) is 58.3 Å². The molecule has 0 aliphatic carbocycles. The highest BCUT2D eigenvalue weighted by molar-refractivity contribution is 5.57. The summed E-state index contributed by atoms with van der Waals surface area (Å²) in [5.74, 6) is 3.76. The molecular weight excluding hydrogens is 236 g/mol. The quantitative estimate of drug-likeness (QED) is 0.786. The van der Waals surface area contributed by atoms with Gasteiger partial charge in [0.15, 0.2) is 0 Å². The minimum Gasteiger partial charge on any atom is -0.370 e. The van der Waals surface area contributed by atoms with E-state index in [4.69, 9.17) is 0 Å². The average molecular weight is 264 g/mol. The third-order valence-corrected chi connectivity index (χ3v) is 2.90. The van der Waals surface area contributed by atoms with Crippen LogP contribution in [0.4, 0.5) is 11.6 Å². The van der Waals surface area contributed by atoms with Gasteiger partial charge in [-0.15, -0.1) is 0 Å². The number of rotatable bonds is 7. The van der Waals surface area contributed by atoms with Gasteiger partial charge in [0.2, 0.25) is 0 Å². The Morgan fingerprint density at radius 1 is 1.00 bits per heavy atom. The summed E-state index contributed by atoms with van der Waals surface area (Å²) >= 11 is 0. The van der Waals surface area contributed by atoms with E-state index < -0.39 is 0 Å². The molecule has 0 aromatic carbocycles. The van der Waals surface area contributed by atoms with Crippen molar-refractivity contribution in [3.05, 3.63) is 11.4 Å². The number of anilines is 2. The molecule has 108 valence electrons. The number of hydrogen-bond donors (Lipinski definition) is 2. The first-order valence-electron chi connectivity index (χ1n) is 7.31. The van der Waals surface area contributed by atoms with Crippen molar-refractivity contribution in [2.45, 2.75) is 53.9 Å². The second-order valence-electron chi connectivity index (χ2n) is 5.76. The van der Waals surface area contributed by atoms with Gasteiger partial charge < -0.3 is 10.6 Å². The Hall–Kier alpha value is -1.32. The maximum atomic E-state index is 4.65. The monoisotopic (exact) mass is 264 g/mol. The van der Waals surface area contributed by atoms with Gasteiger partial charge in [-0.3, -0.25) is 0 Å². The van der Waals surface area contributed by atoms with E-state index in [9.17, 15) is 0 Å². The molecule has 1 rings (SSSR count). The fraction of sp³-hybridized carbons (Fsp3) is 0.733. The van der Waals surface area contributed by atoms with Crippen molar-refractivity contribution >= 4 is 11.6 Å². The summed E-state index contributed by atoms with van der Waals surface area (Å²) in [5, 5.41) is 6.83. The summed E-state index contributed by atoms with van der Waals surface area (Å²) in [6, 6.07) is 0. The fourth-order valence-electron chi connectivity index (χ4n) is 1.68. The Labute approximate surface area is 117 Å². The molecule has 1 aromatic rings. The zero-order valence-electron chi connectivity index (χ0n) is 13.2. The summed E-state index contributed by atoms with van der Waals surface area (Å²) < 4.78 is 0. The third kappa shape index (κ3) is 4.69. The SMILES string of the molecule is CCCNc1nc(C(C)C)nc(NCC(C)C)c1C. The molecule has 0 amide bonds. The van der Waals surface area contributed by atoms with Gasteiger partial charge in [-0.05, 0) is 19.3 Å². The van der Waals surface area contributed by atoms with Crippen molar-refractivity contribution in [1.29, 1.82) is 0 Å². The van der Waals surface area contributed by atoms with Crippen LogP contribution in [0.15, 0.2) is 0 Å². The molecule has 0 bridgehead atoms. The molecule has 0 saturated heterocycles. The molecule has 1 aromatic heterocycles. The van der Waals surface area contributed by atoms with E-state index in [-0.39, 0.29) is 0 Å². The average Bonchev–Trinajstić information content (AvgIpc) is 2.35. The predicted octanol–water partition coefficient (Wildman–Crippen LogP) is 3.80. The maximum Gasteiger partial charge on any atom is 0.135 e. The first kappa shape index (κ1) is 15.7. The normalized spacial score (nSPS) is 11.2. The summed E-state index contributed by atoms with van der Waals surface area (Å²) in [4.78, 5) is 9.29. The van der Waals surface area contributed by atoms with Gasteiger partial charge in [0.1, 0.15) is 17.5 Å². The van der Waals surface area contributed by atoms with Crippen LogP contribution in [0.5, 0.6) is 0 Å². The third-order valence-electron chi connectivity index (χ3n) is 2.90. The number of hydrogen-bond acceptors (Lipinski definition) is 4. The topological polar surface area (TPSA) is 49.8 Å². The van der Waals surface area contributed by atoms with Crippen LogP contribution in [0, 0.1) is 12.8 Å². The molecule has 0 saturated carbocycles. The van der Waals surface area contributed by atoms with E-state index in [2.05, 4.69) is 62.1 Å². The lowest BCUT2D eigenvalue weighted by atomic mass is 10.2. The van der Waals surface area contributed by atoms with Gasteiger partial charge in [-0.2, -0.15) is 0 Å². The summed E-state index contributed by atoms with van der Waals surface area (Å²) in [5.41, 5.74) is 1.11. The van der Waals surface area contributed by atoms with Gasteiger partial charge >= 0.3 is 0 Å². The van der Waals surface area contributed by atoms with Crippen molar-refractivity contribution in [3.63, 3.8) is 0 Å². The van der Waals surface area contributed by atoms with Gasteiger partial charge in [0, 0.05) is 24.6 Å². The predicted molar refractivity (Wildman–Crippen MR) is 83.0 cm³/mol. The lowest BCUT2D eigenvalue weighted by molar-refractivity contribution is 0.683. The Morgan fingerprint density at radius 3 is 2.05 bits per heavy atom. The molecule has 2 N–H and O–H groups in total. The highest BCUT2D eigenvalue weighted by atomic mass is 15.1. The number of nitrogens with zero attached hydrogens (tertiary/aromatic N) is 2. The van der Waals surface area contributed by atoms with Crippen molar-refractivity contribution in [1.82, 2.24) is 9.97 Å². The smallest absolute Gasteiger partial charge is 0.135 e. The maximum absolute atomic E-state index is 4.65. The summed E-state index contributed by atoms with van der Waals surface area (Å²) in [6.45, 7) is 14.8. The molecule has 0 atom stereocenters. The number of nitrogens with one attached hydrogen (secondary N) is 2. The zero-order valence-corrected chi connectivity index (χ0v) is 13.2.